The van der Waals surface area contributed by atoms with Crippen molar-refractivity contribution >= 4 is 29.0 Å². The van der Waals surface area contributed by atoms with Gasteiger partial charge < -0.3 is 10.6 Å². The molecule has 0 saturated carbocycles. The Kier molecular flexibility index (Phi) is 7.43. The van der Waals surface area contributed by atoms with Crippen LogP contribution < -0.4 is 15.2 Å². The first-order valence-corrected chi connectivity index (χ1v) is 11.2. The van der Waals surface area contributed by atoms with Crippen molar-refractivity contribution in [1.29, 1.82) is 0 Å². The molecule has 0 aliphatic rings. The second kappa shape index (κ2) is 10.9. The molecule has 0 aliphatic carbocycles. The van der Waals surface area contributed by atoms with E-state index in [4.69, 9.17) is 0 Å². The van der Waals surface area contributed by atoms with Crippen LogP contribution in [-0.4, -0.2) is 17.6 Å². The fourth-order valence-corrected chi connectivity index (χ4v) is 3.56. The molecule has 6 nitrogen and oxygen atoms in total. The zero-order valence-corrected chi connectivity index (χ0v) is 19.3. The largest absolute Gasteiger partial charge is 0.416 e. The van der Waals surface area contributed by atoms with Gasteiger partial charge in [0.25, 0.3) is 0 Å². The van der Waals surface area contributed by atoms with E-state index in [1.807, 2.05) is 6.07 Å². The number of carbonyl (C=O) groups excluding carboxylic acids is 3. The number of amides is 2. The first-order chi connectivity index (χ1) is 17.7. The van der Waals surface area contributed by atoms with Gasteiger partial charge in [-0.3, -0.25) is 9.59 Å². The topological polar surface area (TPSA) is 79.2 Å². The molecule has 37 heavy (non-hydrogen) atoms. The zero-order valence-electron chi connectivity index (χ0n) is 19.3. The molecule has 0 bridgehead atoms. The van der Waals surface area contributed by atoms with E-state index < -0.39 is 17.8 Å². The number of ketones is 2. The molecule has 4 rings (SSSR count). The summed E-state index contributed by atoms with van der Waals surface area (Å²) < 4.78 is 40.3. The lowest BCUT2D eigenvalue weighted by atomic mass is 10.0. The number of Topliss-reactive ketones (excluding diaryl/α,β-unsaturated/α-hetero) is 1. The highest BCUT2D eigenvalue weighted by molar-refractivity contribution is 6.08. The third kappa shape index (κ3) is 6.66. The van der Waals surface area contributed by atoms with Gasteiger partial charge in [-0.15, -0.1) is 0 Å². The molecule has 0 fully saturated rings. The third-order valence-electron chi connectivity index (χ3n) is 5.41. The second-order valence-corrected chi connectivity index (χ2v) is 8.12. The molecular weight excluding hydrogens is 483 g/mol. The van der Waals surface area contributed by atoms with E-state index >= 15 is 0 Å². The van der Waals surface area contributed by atoms with Crippen molar-refractivity contribution in [3.05, 3.63) is 126 Å². The highest BCUT2D eigenvalue weighted by Gasteiger charge is 2.30. The number of hydrogen-bond donors (Lipinski definition) is 2. The summed E-state index contributed by atoms with van der Waals surface area (Å²) in [5.74, 6) is -0.365. The maximum Gasteiger partial charge on any atom is 0.416 e. The summed E-state index contributed by atoms with van der Waals surface area (Å²) in [5.41, 5.74) is 0.779. The first kappa shape index (κ1) is 25.3. The Balaban J connectivity index is 1.38. The molecule has 186 valence electrons. The number of pyridine rings is 1. The Morgan fingerprint density at radius 3 is 1.89 bits per heavy atom. The van der Waals surface area contributed by atoms with E-state index in [9.17, 15) is 27.6 Å². The van der Waals surface area contributed by atoms with Crippen LogP contribution in [0.4, 0.5) is 29.3 Å². The molecule has 2 amide bonds. The van der Waals surface area contributed by atoms with Gasteiger partial charge >= 0.3 is 12.2 Å². The molecule has 0 aliphatic heterocycles. The molecule has 4 aromatic rings. The van der Waals surface area contributed by atoms with Crippen LogP contribution >= 0.6 is 0 Å². The Labute approximate surface area is 210 Å². The Morgan fingerprint density at radius 2 is 1.24 bits per heavy atom. The predicted octanol–water partition coefficient (Wildman–Crippen LogP) is 5.75. The van der Waals surface area contributed by atoms with Crippen molar-refractivity contribution in [1.82, 2.24) is 0 Å². The summed E-state index contributed by atoms with van der Waals surface area (Å²) in [6.07, 6.45) is -1.25. The third-order valence-corrected chi connectivity index (χ3v) is 5.41. The van der Waals surface area contributed by atoms with Crippen LogP contribution in [0.2, 0.25) is 0 Å². The smallest absolute Gasteiger partial charge is 0.308 e. The molecule has 0 saturated heterocycles. The molecule has 0 atom stereocenters. The molecule has 0 radical (unpaired) electrons. The van der Waals surface area contributed by atoms with Gasteiger partial charge in [0.1, 0.15) is 0 Å². The van der Waals surface area contributed by atoms with Crippen LogP contribution in [0.5, 0.6) is 0 Å². The van der Waals surface area contributed by atoms with E-state index in [0.29, 0.717) is 22.4 Å². The van der Waals surface area contributed by atoms with Crippen LogP contribution in [-0.2, 0) is 12.7 Å². The summed E-state index contributed by atoms with van der Waals surface area (Å²) in [7, 11) is 0. The minimum absolute atomic E-state index is 0.000306. The molecule has 1 aromatic heterocycles. The minimum atomic E-state index is -4.53. The van der Waals surface area contributed by atoms with Crippen molar-refractivity contribution in [2.45, 2.75) is 12.7 Å². The molecule has 0 unspecified atom stereocenters. The highest BCUT2D eigenvalue weighted by Crippen LogP contribution is 2.30. The number of nitrogens with zero attached hydrogens (tertiary/aromatic N) is 1. The molecule has 3 aromatic carbocycles. The summed E-state index contributed by atoms with van der Waals surface area (Å²) in [6, 6.07) is 21.8. The number of benzene rings is 3. The quantitative estimate of drug-likeness (QED) is 0.249. The predicted molar refractivity (Wildman–Crippen MR) is 131 cm³/mol. The lowest BCUT2D eigenvalue weighted by Crippen LogP contribution is -2.37. The lowest BCUT2D eigenvalue weighted by molar-refractivity contribution is -0.683. The molecular formula is C28H21F3N3O3+. The van der Waals surface area contributed by atoms with E-state index in [1.165, 1.54) is 18.2 Å². The van der Waals surface area contributed by atoms with Gasteiger partial charge in [-0.1, -0.05) is 48.5 Å². The zero-order chi connectivity index (χ0) is 26.4. The number of aromatic nitrogens is 1. The molecule has 0 spiro atoms. The average molecular weight is 504 g/mol. The lowest BCUT2D eigenvalue weighted by Gasteiger charge is -2.11. The molecule has 2 N–H and O–H groups in total. The fourth-order valence-electron chi connectivity index (χ4n) is 3.56. The van der Waals surface area contributed by atoms with E-state index in [2.05, 4.69) is 10.6 Å². The summed E-state index contributed by atoms with van der Waals surface area (Å²) in [6.45, 7) is -0.000306. The number of halogens is 3. The number of nitrogens with one attached hydrogen (secondary N) is 2. The van der Waals surface area contributed by atoms with E-state index in [0.717, 1.165) is 12.1 Å². The van der Waals surface area contributed by atoms with Crippen LogP contribution in [0.3, 0.4) is 0 Å². The monoisotopic (exact) mass is 504 g/mol. The summed E-state index contributed by atoms with van der Waals surface area (Å²) in [4.78, 5) is 37.6. The Bertz CT molecular complexity index is 1440. The Hall–Kier alpha value is -4.79. The van der Waals surface area contributed by atoms with E-state index in [-0.39, 0.29) is 23.8 Å². The van der Waals surface area contributed by atoms with Crippen molar-refractivity contribution in [3.63, 3.8) is 0 Å². The van der Waals surface area contributed by atoms with Crippen LogP contribution in [0.25, 0.3) is 0 Å². The van der Waals surface area contributed by atoms with Gasteiger partial charge in [0.2, 0.25) is 12.3 Å². The maximum absolute atomic E-state index is 12.9. The number of carbonyl (C=O) groups is 3. The van der Waals surface area contributed by atoms with Gasteiger partial charge in [0.15, 0.2) is 18.2 Å². The Morgan fingerprint density at radius 1 is 0.676 bits per heavy atom. The number of alkyl halides is 3. The minimum Gasteiger partial charge on any atom is -0.308 e. The van der Waals surface area contributed by atoms with Crippen LogP contribution in [0.15, 0.2) is 103 Å². The fraction of sp³-hybridized carbons (Fsp3) is 0.0714. The highest BCUT2D eigenvalue weighted by atomic mass is 19.4. The van der Waals surface area contributed by atoms with Crippen LogP contribution in [0, 0.1) is 0 Å². The molecule has 1 heterocycles. The number of urea groups is 1. The van der Waals surface area contributed by atoms with Gasteiger partial charge in [-0.2, -0.15) is 17.7 Å². The van der Waals surface area contributed by atoms with Gasteiger partial charge in [0, 0.05) is 40.2 Å². The summed E-state index contributed by atoms with van der Waals surface area (Å²) >= 11 is 0. The number of hydrogen-bond acceptors (Lipinski definition) is 3. The number of rotatable bonds is 7. The van der Waals surface area contributed by atoms with Crippen molar-refractivity contribution < 1.29 is 32.1 Å². The molecule has 9 heteroatoms. The van der Waals surface area contributed by atoms with Crippen LogP contribution in [0.1, 0.15) is 31.8 Å². The van der Waals surface area contributed by atoms with Crippen molar-refractivity contribution in [2.75, 3.05) is 10.6 Å². The first-order valence-electron chi connectivity index (χ1n) is 11.2. The van der Waals surface area contributed by atoms with Crippen molar-refractivity contribution in [3.8, 4) is 0 Å². The van der Waals surface area contributed by atoms with E-state index in [1.54, 1.807) is 71.6 Å². The van der Waals surface area contributed by atoms with Gasteiger partial charge in [-0.05, 0) is 30.3 Å². The average Bonchev–Trinajstić information content (AvgIpc) is 2.89. The van der Waals surface area contributed by atoms with Gasteiger partial charge in [0.05, 0.1) is 5.56 Å². The maximum atomic E-state index is 12.9. The summed E-state index contributed by atoms with van der Waals surface area (Å²) in [5, 5.41) is 4.87. The normalized spacial score (nSPS) is 11.0. The SMILES string of the molecule is O=C(Nc1cccc(C(=O)C[n+]2ccc(C(=O)c3ccccc3)cc2)c1)Nc1cccc(C(F)(F)F)c1. The number of anilines is 2. The van der Waals surface area contributed by atoms with Crippen molar-refractivity contribution in [2.24, 2.45) is 0 Å². The second-order valence-electron chi connectivity index (χ2n) is 8.12. The van der Waals surface area contributed by atoms with Gasteiger partial charge in [-0.25, -0.2) is 4.79 Å². The standard InChI is InChI=1S/C28H20F3N3O3/c29-28(30,31)22-9-5-11-24(17-22)33-27(37)32-23-10-4-8-21(16-23)25(35)18-34-14-12-20(13-15-34)26(36)19-6-2-1-3-7-19/h1-17H,18H2,(H-,32,33,37)/p+1.